The topological polar surface area (TPSA) is 3.24 Å². The van der Waals surface area contributed by atoms with Crippen molar-refractivity contribution in [2.75, 3.05) is 4.90 Å². The molecule has 4 aliphatic rings. The van der Waals surface area contributed by atoms with Gasteiger partial charge in [0, 0.05) is 35.0 Å². The molecule has 0 saturated heterocycles. The third kappa shape index (κ3) is 10.1. The van der Waals surface area contributed by atoms with Gasteiger partial charge in [-0.25, -0.2) is 0 Å². The third-order valence-corrected chi connectivity index (χ3v) is 13.7. The molecule has 62 heavy (non-hydrogen) atoms. The second kappa shape index (κ2) is 19.9. The minimum atomic E-state index is 0.354. The summed E-state index contributed by atoms with van der Waals surface area (Å²) in [6, 6.07) is 38.2. The lowest BCUT2D eigenvalue weighted by atomic mass is 9.72. The van der Waals surface area contributed by atoms with Gasteiger partial charge in [0.25, 0.3) is 0 Å². The molecule has 3 unspecified atom stereocenters. The molecule has 0 saturated carbocycles. The van der Waals surface area contributed by atoms with Crippen molar-refractivity contribution in [1.29, 1.82) is 0 Å². The molecular weight excluding hydrogens is 747 g/mol. The summed E-state index contributed by atoms with van der Waals surface area (Å²) in [4.78, 5) is 2.40. The molecule has 4 aliphatic carbocycles. The van der Waals surface area contributed by atoms with Crippen molar-refractivity contribution in [1.82, 2.24) is 0 Å². The maximum absolute atomic E-state index is 2.69. The van der Waals surface area contributed by atoms with E-state index in [2.05, 4.69) is 235 Å². The Balaban J connectivity index is 1.05. The molecule has 0 bridgehead atoms. The Kier molecular flexibility index (Phi) is 13.7. The average molecular weight is 812 g/mol. The molecule has 4 aromatic rings. The molecule has 6 atom stereocenters. The average Bonchev–Trinajstić information content (AvgIpc) is 3.30. The molecule has 0 N–H and O–H groups in total. The van der Waals surface area contributed by atoms with E-state index in [0.29, 0.717) is 35.5 Å². The SMILES string of the molecule is CC1=CC[C@@H](C(/C=C(/c2ccccc2)C2C=CC=C[C@@H]2C)C[C@@H](C)C2=CCC(c3ccc(N(/C=C(/C4=CCCC=C4)c4ccccc4)c4ccc(C)cc4C)cc3)C=C2)C(C)=C1. The number of nitrogens with zero attached hydrogens (tertiary/aromatic N) is 1. The molecule has 0 fully saturated rings. The van der Waals surface area contributed by atoms with Gasteiger partial charge in [-0.1, -0.05) is 194 Å². The number of allylic oxidation sites excluding steroid dienone is 19. The molecule has 0 amide bonds. The Morgan fingerprint density at radius 3 is 2.15 bits per heavy atom. The van der Waals surface area contributed by atoms with Gasteiger partial charge >= 0.3 is 0 Å². The normalized spacial score (nSPS) is 22.4. The number of anilines is 2. The van der Waals surface area contributed by atoms with E-state index in [-0.39, 0.29) is 0 Å². The highest BCUT2D eigenvalue weighted by molar-refractivity contribution is 5.86. The fraction of sp³-hybridized carbons (Fsp3) is 0.279. The molecule has 0 spiro atoms. The molecule has 1 nitrogen and oxygen atoms in total. The van der Waals surface area contributed by atoms with Crippen LogP contribution in [-0.2, 0) is 0 Å². The molecule has 314 valence electrons. The van der Waals surface area contributed by atoms with Gasteiger partial charge in [-0.05, 0) is 141 Å². The number of benzene rings is 4. The van der Waals surface area contributed by atoms with Crippen LogP contribution in [0.25, 0.3) is 11.1 Å². The van der Waals surface area contributed by atoms with Gasteiger partial charge in [-0.3, -0.25) is 0 Å². The first-order chi connectivity index (χ1) is 30.2. The highest BCUT2D eigenvalue weighted by Crippen LogP contribution is 2.43. The molecule has 8 rings (SSSR count). The van der Waals surface area contributed by atoms with E-state index in [1.54, 1.807) is 0 Å². The van der Waals surface area contributed by atoms with Crippen LogP contribution in [0.3, 0.4) is 0 Å². The summed E-state index contributed by atoms with van der Waals surface area (Å²) < 4.78 is 0. The predicted octanol–water partition coefficient (Wildman–Crippen LogP) is 16.7. The van der Waals surface area contributed by atoms with E-state index in [4.69, 9.17) is 0 Å². The quantitative estimate of drug-likeness (QED) is 0.130. The number of aryl methyl sites for hydroxylation is 2. The second-order valence-corrected chi connectivity index (χ2v) is 18.3. The van der Waals surface area contributed by atoms with E-state index in [0.717, 1.165) is 32.1 Å². The lowest BCUT2D eigenvalue weighted by molar-refractivity contribution is 0.382. The van der Waals surface area contributed by atoms with Gasteiger partial charge in [0.15, 0.2) is 0 Å². The van der Waals surface area contributed by atoms with Gasteiger partial charge in [0.2, 0.25) is 0 Å². The zero-order valence-electron chi connectivity index (χ0n) is 37.8. The van der Waals surface area contributed by atoms with Gasteiger partial charge in [-0.15, -0.1) is 0 Å². The van der Waals surface area contributed by atoms with E-state index >= 15 is 0 Å². The van der Waals surface area contributed by atoms with Crippen LogP contribution in [-0.4, -0.2) is 0 Å². The van der Waals surface area contributed by atoms with Gasteiger partial charge in [0.05, 0.1) is 0 Å². The molecule has 0 radical (unpaired) electrons. The third-order valence-electron chi connectivity index (χ3n) is 13.7. The maximum Gasteiger partial charge on any atom is 0.0485 e. The van der Waals surface area contributed by atoms with Crippen LogP contribution in [0, 0.1) is 43.4 Å². The monoisotopic (exact) mass is 812 g/mol. The summed E-state index contributed by atoms with van der Waals surface area (Å²) in [5.41, 5.74) is 17.2. The van der Waals surface area contributed by atoms with E-state index in [1.807, 2.05) is 0 Å². The van der Waals surface area contributed by atoms with E-state index < -0.39 is 0 Å². The maximum atomic E-state index is 2.69. The van der Waals surface area contributed by atoms with Crippen molar-refractivity contribution in [3.8, 4) is 0 Å². The van der Waals surface area contributed by atoms with Crippen LogP contribution in [0.15, 0.2) is 211 Å². The van der Waals surface area contributed by atoms with Crippen molar-refractivity contribution in [3.63, 3.8) is 0 Å². The molecular formula is C61H65N. The summed E-state index contributed by atoms with van der Waals surface area (Å²) >= 11 is 0. The van der Waals surface area contributed by atoms with E-state index in [1.165, 1.54) is 72.6 Å². The smallest absolute Gasteiger partial charge is 0.0485 e. The van der Waals surface area contributed by atoms with Crippen molar-refractivity contribution < 1.29 is 0 Å². The summed E-state index contributed by atoms with van der Waals surface area (Å²) in [6.07, 6.45) is 39.0. The van der Waals surface area contributed by atoms with Crippen LogP contribution < -0.4 is 4.90 Å². The minimum absolute atomic E-state index is 0.354. The Morgan fingerprint density at radius 1 is 0.742 bits per heavy atom. The molecule has 0 heterocycles. The number of rotatable bonds is 13. The minimum Gasteiger partial charge on any atom is -0.316 e. The lowest BCUT2D eigenvalue weighted by Gasteiger charge is -2.33. The zero-order valence-corrected chi connectivity index (χ0v) is 37.8. The number of hydrogen-bond acceptors (Lipinski definition) is 1. The largest absolute Gasteiger partial charge is 0.316 e. The fourth-order valence-corrected chi connectivity index (χ4v) is 10.2. The Morgan fingerprint density at radius 2 is 1.48 bits per heavy atom. The van der Waals surface area contributed by atoms with E-state index in [9.17, 15) is 0 Å². The number of hydrogen-bond donors (Lipinski definition) is 0. The van der Waals surface area contributed by atoms with Crippen molar-refractivity contribution in [3.05, 3.63) is 238 Å². The van der Waals surface area contributed by atoms with Gasteiger partial charge < -0.3 is 4.90 Å². The highest BCUT2D eigenvalue weighted by atomic mass is 15.1. The standard InChI is InChI=1S/C61H65N/c1-43-26-36-57(47(5)38-43)55(41-59(52-19-10-7-11-20-52)58-25-17-16-18-45(58)3)40-46(4)49-28-30-50(31-29-49)51-32-34-56(35-33-51)62(61-37-27-44(2)39-48(61)6)42-60(53-21-12-8-13-22-53)54-23-14-9-15-24-54/h7-8,10-14,16-30,32-35,37-39,41-42,45-46,50,55,57-58H,9,15,31,36,40H2,1-6H3/b59-41-,60-42+/t45-,46+,50?,55?,57+,58?/m0/s1. The van der Waals surface area contributed by atoms with Crippen LogP contribution in [0.2, 0.25) is 0 Å². The molecule has 0 aromatic heterocycles. The van der Waals surface area contributed by atoms with Crippen molar-refractivity contribution in [2.24, 2.45) is 29.6 Å². The van der Waals surface area contributed by atoms with Gasteiger partial charge in [0.1, 0.15) is 0 Å². The first-order valence-electron chi connectivity index (χ1n) is 23.2. The summed E-state index contributed by atoms with van der Waals surface area (Å²) in [5, 5.41) is 0. The zero-order chi connectivity index (χ0) is 43.0. The fourth-order valence-electron chi connectivity index (χ4n) is 10.2. The second-order valence-electron chi connectivity index (χ2n) is 18.3. The molecule has 4 aromatic carbocycles. The van der Waals surface area contributed by atoms with Gasteiger partial charge in [-0.2, -0.15) is 0 Å². The van der Waals surface area contributed by atoms with Crippen LogP contribution >= 0.6 is 0 Å². The Hall–Kier alpha value is -5.92. The Labute approximate surface area is 373 Å². The Bertz CT molecular complexity index is 2510. The highest BCUT2D eigenvalue weighted by Gasteiger charge is 2.29. The predicted molar refractivity (Wildman–Crippen MR) is 268 cm³/mol. The van der Waals surface area contributed by atoms with Crippen molar-refractivity contribution >= 4 is 22.5 Å². The van der Waals surface area contributed by atoms with Crippen LogP contribution in [0.4, 0.5) is 11.4 Å². The summed E-state index contributed by atoms with van der Waals surface area (Å²) in [5.74, 6) is 2.54. The molecule has 1 heteroatoms. The summed E-state index contributed by atoms with van der Waals surface area (Å²) in [6.45, 7) is 13.8. The lowest BCUT2D eigenvalue weighted by Crippen LogP contribution is -2.21. The van der Waals surface area contributed by atoms with Crippen LogP contribution in [0.1, 0.15) is 93.5 Å². The first-order valence-corrected chi connectivity index (χ1v) is 23.2. The van der Waals surface area contributed by atoms with Crippen molar-refractivity contribution in [2.45, 2.75) is 79.6 Å². The first kappa shape index (κ1) is 42.8. The summed E-state index contributed by atoms with van der Waals surface area (Å²) in [7, 11) is 0. The molecule has 0 aliphatic heterocycles. The van der Waals surface area contributed by atoms with Crippen LogP contribution in [0.5, 0.6) is 0 Å².